The van der Waals surface area contributed by atoms with Gasteiger partial charge in [0, 0.05) is 29.7 Å². The van der Waals surface area contributed by atoms with Crippen LogP contribution in [0, 0.1) is 0 Å². The number of nitrogens with zero attached hydrogens (tertiary/aromatic N) is 3. The molecule has 0 aliphatic rings. The molecule has 25 heavy (non-hydrogen) atoms. The van der Waals surface area contributed by atoms with Crippen LogP contribution in [-0.2, 0) is 0 Å². The van der Waals surface area contributed by atoms with Crippen molar-refractivity contribution < 1.29 is 14.4 Å². The van der Waals surface area contributed by atoms with Gasteiger partial charge in [-0.3, -0.25) is 20.0 Å². The quantitative estimate of drug-likeness (QED) is 0.442. The number of aromatic nitrogens is 3. The van der Waals surface area contributed by atoms with Crippen molar-refractivity contribution in [3.05, 3.63) is 66.6 Å². The predicted octanol–water partition coefficient (Wildman–Crippen LogP) is 3.07. The average molecular weight is 332 g/mol. The summed E-state index contributed by atoms with van der Waals surface area (Å²) in [5.41, 5.74) is 5.38. The highest BCUT2D eigenvalue weighted by Crippen LogP contribution is 2.26. The highest BCUT2D eigenvalue weighted by Gasteiger charge is 2.12. The van der Waals surface area contributed by atoms with E-state index in [9.17, 15) is 4.79 Å². The largest absolute Gasteiger partial charge is 0.436 e. The second-order valence-electron chi connectivity index (χ2n) is 5.32. The number of carbonyl (C=O) groups is 1. The molecular weight excluding hydrogens is 320 g/mol. The number of amides is 1. The van der Waals surface area contributed by atoms with Crippen LogP contribution in [0.1, 0.15) is 10.4 Å². The molecule has 0 radical (unpaired) electrons. The first-order valence-electron chi connectivity index (χ1n) is 7.46. The molecule has 7 nitrogen and oxygen atoms in total. The molecule has 1 aromatic carbocycles. The van der Waals surface area contributed by atoms with Crippen molar-refractivity contribution in [2.45, 2.75) is 0 Å². The second-order valence-corrected chi connectivity index (χ2v) is 5.32. The Morgan fingerprint density at radius 2 is 2.00 bits per heavy atom. The fourth-order valence-electron chi connectivity index (χ4n) is 2.46. The Bertz CT molecular complexity index is 1040. The van der Waals surface area contributed by atoms with E-state index < -0.39 is 5.91 Å². The fourth-order valence-corrected chi connectivity index (χ4v) is 2.46. The summed E-state index contributed by atoms with van der Waals surface area (Å²) in [6.45, 7) is 0. The summed E-state index contributed by atoms with van der Waals surface area (Å²) < 4.78 is 5.71. The van der Waals surface area contributed by atoms with Gasteiger partial charge in [-0.05, 0) is 42.5 Å². The molecule has 122 valence electrons. The summed E-state index contributed by atoms with van der Waals surface area (Å²) in [6, 6.07) is 12.3. The average Bonchev–Trinajstić information content (AvgIpc) is 3.11. The van der Waals surface area contributed by atoms with Crippen LogP contribution < -0.4 is 5.48 Å². The number of rotatable bonds is 3. The molecule has 0 atom stereocenters. The number of oxazole rings is 1. The van der Waals surface area contributed by atoms with E-state index in [0.29, 0.717) is 17.0 Å². The fraction of sp³-hybridized carbons (Fsp3) is 0. The van der Waals surface area contributed by atoms with Crippen molar-refractivity contribution in [2.75, 3.05) is 0 Å². The number of hydroxylamine groups is 1. The van der Waals surface area contributed by atoms with Gasteiger partial charge < -0.3 is 4.42 Å². The van der Waals surface area contributed by atoms with Gasteiger partial charge in [0.1, 0.15) is 5.52 Å². The van der Waals surface area contributed by atoms with Gasteiger partial charge in [0.25, 0.3) is 5.91 Å². The van der Waals surface area contributed by atoms with Gasteiger partial charge >= 0.3 is 0 Å². The lowest BCUT2D eigenvalue weighted by atomic mass is 10.1. The zero-order valence-corrected chi connectivity index (χ0v) is 12.9. The number of carbonyl (C=O) groups excluding carboxylic acids is 1. The van der Waals surface area contributed by atoms with Crippen LogP contribution in [0.4, 0.5) is 0 Å². The van der Waals surface area contributed by atoms with Crippen molar-refractivity contribution in [1.82, 2.24) is 20.4 Å². The number of hydrogen-bond acceptors (Lipinski definition) is 6. The Morgan fingerprint density at radius 1 is 1.08 bits per heavy atom. The van der Waals surface area contributed by atoms with Gasteiger partial charge in [-0.25, -0.2) is 10.5 Å². The van der Waals surface area contributed by atoms with Gasteiger partial charge in [-0.2, -0.15) is 0 Å². The summed E-state index contributed by atoms with van der Waals surface area (Å²) in [4.78, 5) is 24.4. The predicted molar refractivity (Wildman–Crippen MR) is 89.7 cm³/mol. The van der Waals surface area contributed by atoms with Crippen LogP contribution >= 0.6 is 0 Å². The van der Waals surface area contributed by atoms with E-state index in [2.05, 4.69) is 15.0 Å². The van der Waals surface area contributed by atoms with Crippen molar-refractivity contribution in [3.63, 3.8) is 0 Å². The van der Waals surface area contributed by atoms with E-state index in [1.807, 2.05) is 24.3 Å². The van der Waals surface area contributed by atoms with E-state index in [1.54, 1.807) is 36.2 Å². The number of fused-ring (bicyclic) bond motifs is 1. The topological polar surface area (TPSA) is 101 Å². The van der Waals surface area contributed by atoms with Crippen LogP contribution in [0.5, 0.6) is 0 Å². The molecule has 0 aliphatic heterocycles. The van der Waals surface area contributed by atoms with Crippen molar-refractivity contribution in [2.24, 2.45) is 0 Å². The molecule has 0 saturated heterocycles. The van der Waals surface area contributed by atoms with Gasteiger partial charge in [-0.1, -0.05) is 0 Å². The molecule has 0 unspecified atom stereocenters. The molecule has 2 N–H and O–H groups in total. The van der Waals surface area contributed by atoms with Gasteiger partial charge in [0.2, 0.25) is 5.89 Å². The van der Waals surface area contributed by atoms with Crippen molar-refractivity contribution in [3.8, 4) is 22.7 Å². The molecule has 3 aromatic heterocycles. The summed E-state index contributed by atoms with van der Waals surface area (Å²) >= 11 is 0. The summed E-state index contributed by atoms with van der Waals surface area (Å²) in [5.74, 6) is -0.205. The van der Waals surface area contributed by atoms with E-state index in [0.717, 1.165) is 16.8 Å². The monoisotopic (exact) mass is 332 g/mol. The minimum absolute atomic E-state index is 0.280. The Hall–Kier alpha value is -3.58. The third-order valence-corrected chi connectivity index (χ3v) is 3.72. The zero-order chi connectivity index (χ0) is 17.2. The minimum Gasteiger partial charge on any atom is -0.436 e. The zero-order valence-electron chi connectivity index (χ0n) is 12.9. The smallest absolute Gasteiger partial charge is 0.274 e. The number of benzene rings is 1. The van der Waals surface area contributed by atoms with Crippen LogP contribution in [0.3, 0.4) is 0 Å². The van der Waals surface area contributed by atoms with Gasteiger partial charge in [0.05, 0.1) is 11.3 Å². The normalized spacial score (nSPS) is 10.8. The first-order chi connectivity index (χ1) is 12.2. The van der Waals surface area contributed by atoms with E-state index in [4.69, 9.17) is 9.62 Å². The number of hydrogen-bond donors (Lipinski definition) is 2. The van der Waals surface area contributed by atoms with Gasteiger partial charge in [0.15, 0.2) is 5.58 Å². The lowest BCUT2D eigenvalue weighted by molar-refractivity contribution is 0.0706. The molecule has 4 aromatic rings. The summed E-state index contributed by atoms with van der Waals surface area (Å²) in [7, 11) is 0. The van der Waals surface area contributed by atoms with Crippen molar-refractivity contribution in [1.29, 1.82) is 0 Å². The van der Waals surface area contributed by atoms with Crippen molar-refractivity contribution >= 4 is 17.0 Å². The highest BCUT2D eigenvalue weighted by atomic mass is 16.5. The molecule has 4 rings (SSSR count). The first kappa shape index (κ1) is 15.0. The SMILES string of the molecule is O=C(NO)c1ccc2nc(-c3ccc(-c4cccnc4)nc3)oc2c1. The summed E-state index contributed by atoms with van der Waals surface area (Å²) in [5, 5.41) is 8.70. The number of pyridine rings is 2. The Kier molecular flexibility index (Phi) is 3.68. The Balaban J connectivity index is 1.68. The molecule has 0 spiro atoms. The van der Waals surface area contributed by atoms with Crippen LogP contribution in [0.15, 0.2) is 65.5 Å². The molecule has 0 fully saturated rings. The summed E-state index contributed by atoms with van der Waals surface area (Å²) in [6.07, 6.45) is 5.13. The minimum atomic E-state index is -0.609. The second kappa shape index (κ2) is 6.14. The highest BCUT2D eigenvalue weighted by molar-refractivity contribution is 5.96. The lowest BCUT2D eigenvalue weighted by Gasteiger charge is -2.00. The van der Waals surface area contributed by atoms with E-state index >= 15 is 0 Å². The van der Waals surface area contributed by atoms with E-state index in [1.165, 1.54) is 6.07 Å². The molecule has 0 aliphatic carbocycles. The number of nitrogens with one attached hydrogen (secondary N) is 1. The van der Waals surface area contributed by atoms with Crippen LogP contribution in [-0.4, -0.2) is 26.1 Å². The molecule has 3 heterocycles. The van der Waals surface area contributed by atoms with Crippen LogP contribution in [0.2, 0.25) is 0 Å². The molecule has 7 heteroatoms. The third kappa shape index (κ3) is 2.84. The van der Waals surface area contributed by atoms with E-state index in [-0.39, 0.29) is 5.56 Å². The lowest BCUT2D eigenvalue weighted by Crippen LogP contribution is -2.18. The maximum absolute atomic E-state index is 11.5. The standard InChI is InChI=1S/C18H12N4O3/c23-17(22-24)11-3-6-15-16(8-11)25-18(21-15)13-4-5-14(20-10-13)12-2-1-7-19-9-12/h1-10,24H,(H,22,23). The molecule has 0 bridgehead atoms. The maximum atomic E-state index is 11.5. The van der Waals surface area contributed by atoms with Crippen LogP contribution in [0.25, 0.3) is 33.8 Å². The first-order valence-corrected chi connectivity index (χ1v) is 7.46. The third-order valence-electron chi connectivity index (χ3n) is 3.72. The Morgan fingerprint density at radius 3 is 2.72 bits per heavy atom. The van der Waals surface area contributed by atoms with Gasteiger partial charge in [-0.15, -0.1) is 0 Å². The maximum Gasteiger partial charge on any atom is 0.274 e. The molecular formula is C18H12N4O3. The Labute approximate surface area is 142 Å². The molecule has 0 saturated carbocycles. The molecule has 1 amide bonds.